The number of nitrogens with zero attached hydrogens (tertiary/aromatic N) is 1. The van der Waals surface area contributed by atoms with Crippen molar-refractivity contribution in [1.29, 1.82) is 0 Å². The summed E-state index contributed by atoms with van der Waals surface area (Å²) in [6.07, 6.45) is 2.98. The van der Waals surface area contributed by atoms with Crippen LogP contribution in [0.15, 0.2) is 55.1 Å². The van der Waals surface area contributed by atoms with Crippen LogP contribution in [-0.4, -0.2) is 41.3 Å². The number of allylic oxidation sites excluding steroid dienone is 1. The molecule has 1 fully saturated rings. The Morgan fingerprint density at radius 2 is 2.08 bits per heavy atom. The van der Waals surface area contributed by atoms with Crippen LogP contribution in [0.25, 0.3) is 0 Å². The third-order valence-electron chi connectivity index (χ3n) is 5.23. The summed E-state index contributed by atoms with van der Waals surface area (Å²) in [6, 6.07) is 10.2. The summed E-state index contributed by atoms with van der Waals surface area (Å²) in [5.74, 6) is -0.346. The summed E-state index contributed by atoms with van der Waals surface area (Å²) in [5.41, 5.74) is -0.153. The Labute approximate surface area is 157 Å². The van der Waals surface area contributed by atoms with Gasteiger partial charge in [0.1, 0.15) is 5.41 Å². The molecule has 0 aliphatic carbocycles. The van der Waals surface area contributed by atoms with Gasteiger partial charge in [0, 0.05) is 19.6 Å². The molecule has 0 aromatic heterocycles. The van der Waals surface area contributed by atoms with Gasteiger partial charge < -0.3 is 9.84 Å². The zero-order valence-electron chi connectivity index (χ0n) is 16.0. The van der Waals surface area contributed by atoms with E-state index in [0.29, 0.717) is 32.4 Å². The smallest absolute Gasteiger partial charge is 0.316 e. The Morgan fingerprint density at radius 3 is 2.65 bits per heavy atom. The van der Waals surface area contributed by atoms with Crippen molar-refractivity contribution in [3.8, 4) is 0 Å². The third kappa shape index (κ3) is 4.25. The molecule has 0 saturated carbocycles. The maximum Gasteiger partial charge on any atom is 0.316 e. The molecule has 0 amide bonds. The second-order valence-corrected chi connectivity index (χ2v) is 7.41. The molecule has 4 heteroatoms. The molecular formula is C22H31NO3. The molecule has 2 rings (SSSR count). The number of esters is 1. The summed E-state index contributed by atoms with van der Waals surface area (Å²) in [4.78, 5) is 15.2. The zero-order valence-corrected chi connectivity index (χ0v) is 16.0. The van der Waals surface area contributed by atoms with Crippen molar-refractivity contribution in [2.45, 2.75) is 45.3 Å². The fraction of sp³-hybridized carbons (Fsp3) is 0.500. The molecule has 0 unspecified atom stereocenters. The van der Waals surface area contributed by atoms with E-state index < -0.39 is 11.0 Å². The summed E-state index contributed by atoms with van der Waals surface area (Å²) in [7, 11) is 0. The van der Waals surface area contributed by atoms with E-state index in [0.717, 1.165) is 18.7 Å². The lowest BCUT2D eigenvalue weighted by molar-refractivity contribution is -0.189. The van der Waals surface area contributed by atoms with Crippen LogP contribution in [-0.2, 0) is 16.1 Å². The molecular weight excluding hydrogens is 326 g/mol. The van der Waals surface area contributed by atoms with Crippen molar-refractivity contribution in [3.05, 3.63) is 60.7 Å². The van der Waals surface area contributed by atoms with E-state index in [1.54, 1.807) is 13.0 Å². The fourth-order valence-electron chi connectivity index (χ4n) is 4.03. The van der Waals surface area contributed by atoms with Gasteiger partial charge in [0.15, 0.2) is 0 Å². The molecule has 26 heavy (non-hydrogen) atoms. The van der Waals surface area contributed by atoms with Crippen LogP contribution in [0.4, 0.5) is 0 Å². The van der Waals surface area contributed by atoms with Crippen molar-refractivity contribution in [3.63, 3.8) is 0 Å². The Balaban J connectivity index is 2.36. The molecule has 1 aliphatic heterocycles. The standard InChI is InChI=1S/C22H31NO3/c1-5-12-21(20(24)26-6-2)17-23(16-19-10-8-7-9-11-19)14-13-22(21,25)15-18(3)4/h5,7-11,25H,1,3,6,12-17H2,2,4H3/t21-,22-/m0/s1. The van der Waals surface area contributed by atoms with Crippen LogP contribution in [0.1, 0.15) is 38.7 Å². The number of likely N-dealkylation sites (tertiary alicyclic amines) is 1. The van der Waals surface area contributed by atoms with Gasteiger partial charge in [0.25, 0.3) is 0 Å². The van der Waals surface area contributed by atoms with Crippen molar-refractivity contribution in [2.24, 2.45) is 5.41 Å². The molecule has 1 aromatic carbocycles. The maximum absolute atomic E-state index is 13.0. The minimum absolute atomic E-state index is 0.291. The van der Waals surface area contributed by atoms with Crippen molar-refractivity contribution < 1.29 is 14.6 Å². The van der Waals surface area contributed by atoms with E-state index in [4.69, 9.17) is 4.74 Å². The first-order valence-corrected chi connectivity index (χ1v) is 9.28. The van der Waals surface area contributed by atoms with Gasteiger partial charge in [0.2, 0.25) is 0 Å². The molecule has 0 bridgehead atoms. The Kier molecular flexibility index (Phi) is 6.79. The summed E-state index contributed by atoms with van der Waals surface area (Å²) in [5, 5.41) is 11.5. The minimum Gasteiger partial charge on any atom is -0.465 e. The molecule has 142 valence electrons. The Morgan fingerprint density at radius 1 is 1.38 bits per heavy atom. The van der Waals surface area contributed by atoms with Crippen LogP contribution < -0.4 is 0 Å². The molecule has 1 N–H and O–H groups in total. The highest BCUT2D eigenvalue weighted by molar-refractivity contribution is 5.79. The second kappa shape index (κ2) is 8.65. The molecule has 2 atom stereocenters. The predicted octanol–water partition coefficient (Wildman–Crippen LogP) is 3.72. The lowest BCUT2D eigenvalue weighted by Crippen LogP contribution is -2.63. The summed E-state index contributed by atoms with van der Waals surface area (Å²) < 4.78 is 5.41. The van der Waals surface area contributed by atoms with Gasteiger partial charge in [-0.05, 0) is 38.7 Å². The minimum atomic E-state index is -1.17. The van der Waals surface area contributed by atoms with E-state index in [1.807, 2.05) is 25.1 Å². The molecule has 1 saturated heterocycles. The number of carbonyl (C=O) groups is 1. The first kappa shape index (κ1) is 20.4. The lowest BCUT2D eigenvalue weighted by Gasteiger charge is -2.52. The summed E-state index contributed by atoms with van der Waals surface area (Å²) in [6.45, 7) is 13.7. The van der Waals surface area contributed by atoms with Gasteiger partial charge in [-0.15, -0.1) is 13.2 Å². The normalized spacial score (nSPS) is 26.3. The Hall–Kier alpha value is -1.91. The van der Waals surface area contributed by atoms with Gasteiger partial charge >= 0.3 is 5.97 Å². The van der Waals surface area contributed by atoms with Gasteiger partial charge in [-0.2, -0.15) is 0 Å². The van der Waals surface area contributed by atoms with E-state index in [2.05, 4.69) is 30.2 Å². The number of aliphatic hydroxyl groups is 1. The van der Waals surface area contributed by atoms with Crippen LogP contribution in [0, 0.1) is 5.41 Å². The van der Waals surface area contributed by atoms with Crippen molar-refractivity contribution in [1.82, 2.24) is 4.90 Å². The second-order valence-electron chi connectivity index (χ2n) is 7.41. The largest absolute Gasteiger partial charge is 0.465 e. The van der Waals surface area contributed by atoms with Gasteiger partial charge in [-0.3, -0.25) is 9.69 Å². The highest BCUT2D eigenvalue weighted by Crippen LogP contribution is 2.47. The van der Waals surface area contributed by atoms with Crippen molar-refractivity contribution >= 4 is 5.97 Å². The molecule has 1 aliphatic rings. The average molecular weight is 357 g/mol. The van der Waals surface area contributed by atoms with Gasteiger partial charge in [0.05, 0.1) is 12.2 Å². The number of hydrogen-bond acceptors (Lipinski definition) is 4. The zero-order chi connectivity index (χ0) is 19.2. The molecule has 1 aromatic rings. The van der Waals surface area contributed by atoms with Crippen molar-refractivity contribution in [2.75, 3.05) is 19.7 Å². The molecule has 4 nitrogen and oxygen atoms in total. The van der Waals surface area contributed by atoms with Crippen LogP contribution in [0.2, 0.25) is 0 Å². The number of piperidine rings is 1. The van der Waals surface area contributed by atoms with E-state index in [-0.39, 0.29) is 5.97 Å². The first-order chi connectivity index (χ1) is 12.4. The number of rotatable bonds is 8. The maximum atomic E-state index is 13.0. The topological polar surface area (TPSA) is 49.8 Å². The number of ether oxygens (including phenoxy) is 1. The van der Waals surface area contributed by atoms with Crippen LogP contribution in [0.3, 0.4) is 0 Å². The van der Waals surface area contributed by atoms with E-state index in [9.17, 15) is 9.90 Å². The third-order valence-corrected chi connectivity index (χ3v) is 5.23. The molecule has 0 radical (unpaired) electrons. The van der Waals surface area contributed by atoms with Crippen LogP contribution >= 0.6 is 0 Å². The number of hydrogen-bond donors (Lipinski definition) is 1. The first-order valence-electron chi connectivity index (χ1n) is 9.28. The Bertz CT molecular complexity index is 642. The molecule has 1 heterocycles. The van der Waals surface area contributed by atoms with Gasteiger partial charge in [-0.1, -0.05) is 42.0 Å². The highest BCUT2D eigenvalue weighted by Gasteiger charge is 2.58. The SMILES string of the molecule is C=CC[C@@]1(C(=O)OCC)CN(Cc2ccccc2)CC[C@]1(O)CC(=C)C. The quantitative estimate of drug-likeness (QED) is 0.569. The van der Waals surface area contributed by atoms with E-state index in [1.165, 1.54) is 5.56 Å². The number of carbonyl (C=O) groups excluding carboxylic acids is 1. The fourth-order valence-corrected chi connectivity index (χ4v) is 4.03. The van der Waals surface area contributed by atoms with Gasteiger partial charge in [-0.25, -0.2) is 0 Å². The number of benzene rings is 1. The monoisotopic (exact) mass is 357 g/mol. The lowest BCUT2D eigenvalue weighted by atomic mass is 9.63. The highest BCUT2D eigenvalue weighted by atomic mass is 16.5. The predicted molar refractivity (Wildman–Crippen MR) is 105 cm³/mol. The summed E-state index contributed by atoms with van der Waals surface area (Å²) >= 11 is 0. The average Bonchev–Trinajstić information content (AvgIpc) is 2.59. The van der Waals surface area contributed by atoms with Crippen LogP contribution in [0.5, 0.6) is 0 Å². The van der Waals surface area contributed by atoms with E-state index >= 15 is 0 Å². The molecule has 0 spiro atoms.